The van der Waals surface area contributed by atoms with Gasteiger partial charge in [-0.25, -0.2) is 4.98 Å². The number of hydrogen-bond acceptors (Lipinski definition) is 3. The van der Waals surface area contributed by atoms with Gasteiger partial charge < -0.3 is 14.8 Å². The van der Waals surface area contributed by atoms with E-state index in [1.807, 2.05) is 77.9 Å². The molecule has 1 N–H and O–H groups in total. The Morgan fingerprint density at radius 1 is 1.10 bits per heavy atom. The Labute approximate surface area is 176 Å². The maximum atomic E-state index is 13.3. The van der Waals surface area contributed by atoms with Gasteiger partial charge in [0.25, 0.3) is 0 Å². The maximum absolute atomic E-state index is 13.3. The Kier molecular flexibility index (Phi) is 5.84. The van der Waals surface area contributed by atoms with E-state index in [0.29, 0.717) is 13.0 Å². The molecule has 1 aliphatic rings. The number of rotatable bonds is 8. The van der Waals surface area contributed by atoms with Gasteiger partial charge in [-0.1, -0.05) is 30.3 Å². The van der Waals surface area contributed by atoms with Crippen LogP contribution in [0.1, 0.15) is 32.5 Å². The van der Waals surface area contributed by atoms with Crippen LogP contribution < -0.4 is 10.2 Å². The molecule has 1 aliphatic carbocycles. The first kappa shape index (κ1) is 20.1. The molecule has 1 fully saturated rings. The molecule has 30 heavy (non-hydrogen) atoms. The first-order valence-corrected chi connectivity index (χ1v) is 10.6. The Morgan fingerprint density at radius 2 is 1.80 bits per heavy atom. The van der Waals surface area contributed by atoms with Crippen molar-refractivity contribution in [3.63, 3.8) is 0 Å². The SMILES string of the molecule is CC(C)N(C(=O)Cn1c(CCNC(=O)C2CC2)nc2ccccc21)c1ccccc1. The standard InChI is InChI=1S/C24H28N4O2/c1-17(2)28(19-8-4-3-5-9-19)23(29)16-27-21-11-7-6-10-20(21)26-22(27)14-15-25-24(30)18-12-13-18/h3-11,17-18H,12-16H2,1-2H3,(H,25,30). The minimum Gasteiger partial charge on any atom is -0.355 e. The predicted molar refractivity (Wildman–Crippen MR) is 118 cm³/mol. The third-order valence-corrected chi connectivity index (χ3v) is 5.44. The summed E-state index contributed by atoms with van der Waals surface area (Å²) in [7, 11) is 0. The minimum absolute atomic E-state index is 0.0163. The number of anilines is 1. The van der Waals surface area contributed by atoms with Gasteiger partial charge in [-0.15, -0.1) is 0 Å². The molecule has 1 saturated carbocycles. The molecule has 6 nitrogen and oxygen atoms in total. The Morgan fingerprint density at radius 3 is 2.50 bits per heavy atom. The van der Waals surface area contributed by atoms with E-state index in [1.54, 1.807) is 0 Å². The molecule has 0 saturated heterocycles. The van der Waals surface area contributed by atoms with E-state index in [9.17, 15) is 9.59 Å². The van der Waals surface area contributed by atoms with E-state index < -0.39 is 0 Å². The van der Waals surface area contributed by atoms with Crippen molar-refractivity contribution in [2.45, 2.75) is 45.7 Å². The number of nitrogens with one attached hydrogen (secondary N) is 1. The molecule has 2 amide bonds. The molecule has 0 spiro atoms. The van der Waals surface area contributed by atoms with Gasteiger partial charge in [0, 0.05) is 30.6 Å². The average Bonchev–Trinajstić information content (AvgIpc) is 3.53. The lowest BCUT2D eigenvalue weighted by Crippen LogP contribution is -2.39. The molecule has 1 aromatic heterocycles. The zero-order valence-electron chi connectivity index (χ0n) is 17.5. The van der Waals surface area contributed by atoms with E-state index >= 15 is 0 Å². The zero-order valence-corrected chi connectivity index (χ0v) is 17.5. The van der Waals surface area contributed by atoms with Gasteiger partial charge in [0.2, 0.25) is 11.8 Å². The number of nitrogens with zero attached hydrogens (tertiary/aromatic N) is 3. The average molecular weight is 405 g/mol. The van der Waals surface area contributed by atoms with E-state index in [4.69, 9.17) is 4.98 Å². The zero-order chi connectivity index (χ0) is 21.1. The van der Waals surface area contributed by atoms with E-state index in [0.717, 1.165) is 35.4 Å². The Hall–Kier alpha value is -3.15. The van der Waals surface area contributed by atoms with Crippen molar-refractivity contribution in [1.82, 2.24) is 14.9 Å². The van der Waals surface area contributed by atoms with Crippen molar-refractivity contribution in [2.75, 3.05) is 11.4 Å². The quantitative estimate of drug-likeness (QED) is 0.624. The van der Waals surface area contributed by atoms with Crippen molar-refractivity contribution in [2.24, 2.45) is 5.92 Å². The number of amides is 2. The molecule has 2 aromatic carbocycles. The highest BCUT2D eigenvalue weighted by Crippen LogP contribution is 2.28. The summed E-state index contributed by atoms with van der Waals surface area (Å²) < 4.78 is 1.99. The first-order valence-electron chi connectivity index (χ1n) is 10.6. The molecule has 156 valence electrons. The van der Waals surface area contributed by atoms with Gasteiger partial charge in [0.05, 0.1) is 11.0 Å². The van der Waals surface area contributed by atoms with Crippen LogP contribution in [-0.4, -0.2) is 34.0 Å². The van der Waals surface area contributed by atoms with E-state index in [1.165, 1.54) is 0 Å². The van der Waals surface area contributed by atoms with Crippen molar-refractivity contribution in [3.05, 3.63) is 60.4 Å². The molecule has 0 unspecified atom stereocenters. The van der Waals surface area contributed by atoms with Crippen molar-refractivity contribution < 1.29 is 9.59 Å². The van der Waals surface area contributed by atoms with Crippen LogP contribution in [0.15, 0.2) is 54.6 Å². The van der Waals surface area contributed by atoms with Crippen molar-refractivity contribution >= 4 is 28.5 Å². The summed E-state index contributed by atoms with van der Waals surface area (Å²) in [5.74, 6) is 1.15. The fourth-order valence-electron chi connectivity index (χ4n) is 3.81. The molecule has 3 aromatic rings. The summed E-state index contributed by atoms with van der Waals surface area (Å²) in [5.41, 5.74) is 2.69. The normalized spacial score (nSPS) is 13.6. The third-order valence-electron chi connectivity index (χ3n) is 5.44. The molecule has 0 bridgehead atoms. The lowest BCUT2D eigenvalue weighted by molar-refractivity contribution is -0.122. The summed E-state index contributed by atoms with van der Waals surface area (Å²) in [6.45, 7) is 4.77. The van der Waals surface area contributed by atoms with Crippen LogP contribution in [0.2, 0.25) is 0 Å². The van der Waals surface area contributed by atoms with Gasteiger partial charge in [-0.2, -0.15) is 0 Å². The summed E-state index contributed by atoms with van der Waals surface area (Å²) in [5, 5.41) is 3.00. The summed E-state index contributed by atoms with van der Waals surface area (Å²) in [6, 6.07) is 17.6. The summed E-state index contributed by atoms with van der Waals surface area (Å²) in [6.07, 6.45) is 2.57. The second kappa shape index (κ2) is 8.69. The van der Waals surface area contributed by atoms with Crippen LogP contribution in [0.5, 0.6) is 0 Å². The molecular weight excluding hydrogens is 376 g/mol. The smallest absolute Gasteiger partial charge is 0.247 e. The fraction of sp³-hybridized carbons (Fsp3) is 0.375. The number of hydrogen-bond donors (Lipinski definition) is 1. The van der Waals surface area contributed by atoms with Crippen LogP contribution >= 0.6 is 0 Å². The largest absolute Gasteiger partial charge is 0.355 e. The van der Waals surface area contributed by atoms with Crippen LogP contribution in [0.25, 0.3) is 11.0 Å². The van der Waals surface area contributed by atoms with Crippen LogP contribution in [0.3, 0.4) is 0 Å². The maximum Gasteiger partial charge on any atom is 0.247 e. The minimum atomic E-state index is 0.0163. The van der Waals surface area contributed by atoms with Gasteiger partial charge in [-0.05, 0) is 51.0 Å². The predicted octanol–water partition coefficient (Wildman–Crippen LogP) is 3.55. The lowest BCUT2D eigenvalue weighted by atomic mass is 10.2. The third kappa shape index (κ3) is 4.37. The van der Waals surface area contributed by atoms with Crippen LogP contribution in [0.4, 0.5) is 5.69 Å². The van der Waals surface area contributed by atoms with Crippen molar-refractivity contribution in [1.29, 1.82) is 0 Å². The number of benzene rings is 2. The molecular formula is C24H28N4O2. The molecule has 0 radical (unpaired) electrons. The number of aromatic nitrogens is 2. The first-order chi connectivity index (χ1) is 14.5. The summed E-state index contributed by atoms with van der Waals surface area (Å²) in [4.78, 5) is 31.9. The number of carbonyl (C=O) groups is 2. The number of para-hydroxylation sites is 3. The van der Waals surface area contributed by atoms with Crippen LogP contribution in [-0.2, 0) is 22.6 Å². The topological polar surface area (TPSA) is 67.2 Å². The highest BCUT2D eigenvalue weighted by Gasteiger charge is 2.29. The van der Waals surface area contributed by atoms with Gasteiger partial charge in [0.15, 0.2) is 0 Å². The van der Waals surface area contributed by atoms with E-state index in [2.05, 4.69) is 5.32 Å². The summed E-state index contributed by atoms with van der Waals surface area (Å²) >= 11 is 0. The second-order valence-corrected chi connectivity index (χ2v) is 8.11. The molecule has 4 rings (SSSR count). The van der Waals surface area contributed by atoms with Crippen LogP contribution in [0, 0.1) is 5.92 Å². The monoisotopic (exact) mass is 404 g/mol. The fourth-order valence-corrected chi connectivity index (χ4v) is 3.81. The van der Waals surface area contributed by atoms with E-state index in [-0.39, 0.29) is 30.3 Å². The second-order valence-electron chi connectivity index (χ2n) is 8.11. The highest BCUT2D eigenvalue weighted by molar-refractivity contribution is 5.94. The number of carbonyl (C=O) groups excluding carboxylic acids is 2. The van der Waals surface area contributed by atoms with Crippen molar-refractivity contribution in [3.8, 4) is 0 Å². The molecule has 0 aliphatic heterocycles. The lowest BCUT2D eigenvalue weighted by Gasteiger charge is -2.27. The number of fused-ring (bicyclic) bond motifs is 1. The Bertz CT molecular complexity index is 1040. The molecule has 6 heteroatoms. The molecule has 0 atom stereocenters. The Balaban J connectivity index is 1.57. The number of imidazole rings is 1. The van der Waals surface area contributed by atoms with Gasteiger partial charge >= 0.3 is 0 Å². The molecule has 1 heterocycles. The highest BCUT2D eigenvalue weighted by atomic mass is 16.2. The van der Waals surface area contributed by atoms with Gasteiger partial charge in [0.1, 0.15) is 12.4 Å². The van der Waals surface area contributed by atoms with Gasteiger partial charge in [-0.3, -0.25) is 9.59 Å².